The quantitative estimate of drug-likeness (QED) is 0.694. The van der Waals surface area contributed by atoms with E-state index in [1.807, 2.05) is 0 Å². The van der Waals surface area contributed by atoms with E-state index < -0.39 is 0 Å². The van der Waals surface area contributed by atoms with E-state index in [9.17, 15) is 0 Å². The second-order valence-electron chi connectivity index (χ2n) is 5.12. The lowest BCUT2D eigenvalue weighted by Gasteiger charge is -2.28. The number of benzene rings is 1. The molecule has 0 aliphatic rings. The van der Waals surface area contributed by atoms with Gasteiger partial charge in [0.05, 0.1) is 6.61 Å². The lowest BCUT2D eigenvalue weighted by atomic mass is 10.1. The first-order chi connectivity index (χ1) is 9.19. The Balaban J connectivity index is 2.54. The minimum atomic E-state index is 0.547. The number of methoxy groups -OCH3 is 1. The Bertz CT molecular complexity index is 335. The summed E-state index contributed by atoms with van der Waals surface area (Å²) >= 11 is 0. The summed E-state index contributed by atoms with van der Waals surface area (Å²) in [7, 11) is 1.73. The zero-order valence-corrected chi connectivity index (χ0v) is 12.8. The summed E-state index contributed by atoms with van der Waals surface area (Å²) < 4.78 is 5.01. The van der Waals surface area contributed by atoms with Crippen LogP contribution in [0.2, 0.25) is 0 Å². The molecule has 0 unspecified atom stereocenters. The highest BCUT2D eigenvalue weighted by atomic mass is 16.5. The van der Waals surface area contributed by atoms with Gasteiger partial charge in [-0.05, 0) is 38.0 Å². The molecule has 1 N–H and O–H groups in total. The topological polar surface area (TPSA) is 24.5 Å². The normalized spacial score (nSPS) is 11.0. The smallest absolute Gasteiger partial charge is 0.0587 e. The Labute approximate surface area is 118 Å². The lowest BCUT2D eigenvalue weighted by molar-refractivity contribution is 0.199. The second-order valence-corrected chi connectivity index (χ2v) is 5.12. The van der Waals surface area contributed by atoms with Gasteiger partial charge in [-0.15, -0.1) is 0 Å². The fourth-order valence-corrected chi connectivity index (χ4v) is 2.14. The molecular weight excluding hydrogens is 236 g/mol. The summed E-state index contributed by atoms with van der Waals surface area (Å²) in [4.78, 5) is 2.45. The molecule has 1 aromatic rings. The van der Waals surface area contributed by atoms with E-state index >= 15 is 0 Å². The molecule has 0 aliphatic carbocycles. The molecule has 19 heavy (non-hydrogen) atoms. The van der Waals surface area contributed by atoms with Crippen molar-refractivity contribution in [2.45, 2.75) is 39.8 Å². The molecule has 0 fully saturated rings. The highest BCUT2D eigenvalue weighted by Gasteiger charge is 2.08. The summed E-state index contributed by atoms with van der Waals surface area (Å²) in [5, 5.41) is 3.36. The first-order valence-electron chi connectivity index (χ1n) is 7.24. The molecule has 0 saturated carbocycles. The van der Waals surface area contributed by atoms with Crippen LogP contribution >= 0.6 is 0 Å². The Morgan fingerprint density at radius 2 is 1.89 bits per heavy atom. The number of hydrogen-bond acceptors (Lipinski definition) is 3. The molecule has 0 bridgehead atoms. The van der Waals surface area contributed by atoms with Gasteiger partial charge in [0, 0.05) is 38.5 Å². The lowest BCUT2D eigenvalue weighted by Crippen LogP contribution is -2.31. The van der Waals surface area contributed by atoms with Crippen molar-refractivity contribution in [1.82, 2.24) is 5.32 Å². The average Bonchev–Trinajstić information content (AvgIpc) is 2.41. The highest BCUT2D eigenvalue weighted by molar-refractivity contribution is 5.48. The maximum Gasteiger partial charge on any atom is 0.0587 e. The monoisotopic (exact) mass is 264 g/mol. The van der Waals surface area contributed by atoms with Gasteiger partial charge in [0.1, 0.15) is 0 Å². The van der Waals surface area contributed by atoms with E-state index in [1.165, 1.54) is 17.7 Å². The number of ether oxygens (including phenoxy) is 1. The summed E-state index contributed by atoms with van der Waals surface area (Å²) in [6, 6.07) is 9.41. The van der Waals surface area contributed by atoms with Crippen molar-refractivity contribution >= 4 is 5.69 Å². The summed E-state index contributed by atoms with van der Waals surface area (Å²) in [6.45, 7) is 10.4. The Hall–Kier alpha value is -1.06. The fourth-order valence-electron chi connectivity index (χ4n) is 2.14. The highest BCUT2D eigenvalue weighted by Crippen LogP contribution is 2.18. The molecule has 3 nitrogen and oxygen atoms in total. The van der Waals surface area contributed by atoms with Crippen LogP contribution in [0, 0.1) is 0 Å². The van der Waals surface area contributed by atoms with Crippen LogP contribution in [-0.2, 0) is 11.3 Å². The van der Waals surface area contributed by atoms with Crippen molar-refractivity contribution in [2.24, 2.45) is 0 Å². The van der Waals surface area contributed by atoms with E-state index in [-0.39, 0.29) is 0 Å². The van der Waals surface area contributed by atoms with Crippen LogP contribution in [0.15, 0.2) is 24.3 Å². The number of hydrogen-bond donors (Lipinski definition) is 1. The van der Waals surface area contributed by atoms with Gasteiger partial charge >= 0.3 is 0 Å². The van der Waals surface area contributed by atoms with Gasteiger partial charge in [-0.3, -0.25) is 0 Å². The Morgan fingerprint density at radius 3 is 2.42 bits per heavy atom. The predicted molar refractivity (Wildman–Crippen MR) is 82.8 cm³/mol. The fraction of sp³-hybridized carbons (Fsp3) is 0.625. The molecule has 0 spiro atoms. The third-order valence-electron chi connectivity index (χ3n) is 3.17. The first-order valence-corrected chi connectivity index (χ1v) is 7.24. The number of nitrogens with one attached hydrogen (secondary N) is 1. The minimum absolute atomic E-state index is 0.547. The molecule has 0 saturated heterocycles. The van der Waals surface area contributed by atoms with Crippen LogP contribution < -0.4 is 10.2 Å². The van der Waals surface area contributed by atoms with Crippen molar-refractivity contribution < 1.29 is 4.74 Å². The molecule has 0 amide bonds. The third-order valence-corrected chi connectivity index (χ3v) is 3.17. The zero-order valence-electron chi connectivity index (χ0n) is 12.8. The van der Waals surface area contributed by atoms with Crippen molar-refractivity contribution in [1.29, 1.82) is 0 Å². The van der Waals surface area contributed by atoms with E-state index in [0.717, 1.165) is 26.2 Å². The number of anilines is 1. The first kappa shape index (κ1) is 16.0. The molecule has 1 rings (SSSR count). The van der Waals surface area contributed by atoms with E-state index in [4.69, 9.17) is 4.74 Å². The average molecular weight is 264 g/mol. The molecule has 0 aromatic heterocycles. The molecule has 1 aromatic carbocycles. The van der Waals surface area contributed by atoms with Crippen molar-refractivity contribution in [3.8, 4) is 0 Å². The van der Waals surface area contributed by atoms with Gasteiger partial charge in [-0.2, -0.15) is 0 Å². The molecule has 0 heterocycles. The standard InChI is InChI=1S/C16H28N2O/c1-5-11-18(14(2)3)16-8-6-15(7-9-16)13-17-10-12-19-4/h6-9,14,17H,5,10-13H2,1-4H3. The predicted octanol–water partition coefficient (Wildman–Crippen LogP) is 3.05. The maximum absolute atomic E-state index is 5.01. The molecule has 108 valence electrons. The molecule has 3 heteroatoms. The third kappa shape index (κ3) is 5.62. The van der Waals surface area contributed by atoms with Gasteiger partial charge in [0.15, 0.2) is 0 Å². The minimum Gasteiger partial charge on any atom is -0.383 e. The van der Waals surface area contributed by atoms with Crippen LogP contribution in [0.3, 0.4) is 0 Å². The van der Waals surface area contributed by atoms with Gasteiger partial charge in [0.2, 0.25) is 0 Å². The van der Waals surface area contributed by atoms with Gasteiger partial charge in [-0.1, -0.05) is 19.1 Å². The van der Waals surface area contributed by atoms with Crippen molar-refractivity contribution in [3.63, 3.8) is 0 Å². The molecule has 0 radical (unpaired) electrons. The van der Waals surface area contributed by atoms with Gasteiger partial charge in [-0.25, -0.2) is 0 Å². The van der Waals surface area contributed by atoms with Crippen molar-refractivity contribution in [3.05, 3.63) is 29.8 Å². The number of rotatable bonds is 9. The van der Waals surface area contributed by atoms with Crippen LogP contribution in [-0.4, -0.2) is 32.8 Å². The van der Waals surface area contributed by atoms with E-state index in [2.05, 4.69) is 55.3 Å². The number of nitrogens with zero attached hydrogens (tertiary/aromatic N) is 1. The molecule has 0 aliphatic heterocycles. The second kappa shape index (κ2) is 8.94. The largest absolute Gasteiger partial charge is 0.383 e. The van der Waals surface area contributed by atoms with E-state index in [0.29, 0.717) is 6.04 Å². The van der Waals surface area contributed by atoms with Crippen LogP contribution in [0.25, 0.3) is 0 Å². The van der Waals surface area contributed by atoms with Crippen LogP contribution in [0.5, 0.6) is 0 Å². The van der Waals surface area contributed by atoms with Gasteiger partial charge < -0.3 is 15.0 Å². The van der Waals surface area contributed by atoms with Crippen LogP contribution in [0.4, 0.5) is 5.69 Å². The zero-order chi connectivity index (χ0) is 14.1. The Morgan fingerprint density at radius 1 is 1.21 bits per heavy atom. The summed E-state index contributed by atoms with van der Waals surface area (Å²) in [6.07, 6.45) is 1.18. The van der Waals surface area contributed by atoms with E-state index in [1.54, 1.807) is 7.11 Å². The molecule has 0 atom stereocenters. The summed E-state index contributed by atoms with van der Waals surface area (Å²) in [5.41, 5.74) is 2.64. The SMILES string of the molecule is CCCN(c1ccc(CNCCOC)cc1)C(C)C. The maximum atomic E-state index is 5.01. The molecular formula is C16H28N2O. The van der Waals surface area contributed by atoms with Gasteiger partial charge in [0.25, 0.3) is 0 Å². The van der Waals surface area contributed by atoms with Crippen LogP contribution in [0.1, 0.15) is 32.8 Å². The van der Waals surface area contributed by atoms with Crippen molar-refractivity contribution in [2.75, 3.05) is 31.7 Å². The summed E-state index contributed by atoms with van der Waals surface area (Å²) in [5.74, 6) is 0. The Kier molecular flexibility index (Phi) is 7.53.